The lowest BCUT2D eigenvalue weighted by molar-refractivity contribution is 0.660. The van der Waals surface area contributed by atoms with Crippen molar-refractivity contribution in [2.45, 2.75) is 19.8 Å². The van der Waals surface area contributed by atoms with Crippen LogP contribution in [0.2, 0.25) is 0 Å². The SMILES string of the molecule is Cc1nnc(CCNCCc2ccccc2)n1-c1ccccc1. The molecule has 0 saturated heterocycles. The molecule has 0 bridgehead atoms. The minimum atomic E-state index is 0.866. The van der Waals surface area contributed by atoms with Crippen LogP contribution >= 0.6 is 0 Å². The Balaban J connectivity index is 1.53. The molecule has 3 rings (SSSR count). The first-order valence-corrected chi connectivity index (χ1v) is 8.05. The second-order valence-corrected chi connectivity index (χ2v) is 5.57. The van der Waals surface area contributed by atoms with E-state index in [1.54, 1.807) is 0 Å². The van der Waals surface area contributed by atoms with E-state index in [-0.39, 0.29) is 0 Å². The van der Waals surface area contributed by atoms with Crippen molar-refractivity contribution < 1.29 is 0 Å². The molecule has 0 unspecified atom stereocenters. The zero-order chi connectivity index (χ0) is 15.9. The number of aryl methyl sites for hydroxylation is 1. The summed E-state index contributed by atoms with van der Waals surface area (Å²) in [6.45, 7) is 3.87. The average Bonchev–Trinajstić information content (AvgIpc) is 2.97. The number of rotatable bonds is 7. The third-order valence-electron chi connectivity index (χ3n) is 3.86. The minimum Gasteiger partial charge on any atom is -0.316 e. The van der Waals surface area contributed by atoms with Gasteiger partial charge in [-0.25, -0.2) is 0 Å². The van der Waals surface area contributed by atoms with Gasteiger partial charge in [-0.05, 0) is 37.6 Å². The largest absolute Gasteiger partial charge is 0.316 e. The van der Waals surface area contributed by atoms with E-state index >= 15 is 0 Å². The molecule has 1 aromatic heterocycles. The van der Waals surface area contributed by atoms with Gasteiger partial charge in [-0.3, -0.25) is 4.57 Å². The smallest absolute Gasteiger partial charge is 0.138 e. The van der Waals surface area contributed by atoms with Gasteiger partial charge in [0, 0.05) is 18.7 Å². The molecule has 118 valence electrons. The van der Waals surface area contributed by atoms with Crippen molar-refractivity contribution >= 4 is 0 Å². The maximum Gasteiger partial charge on any atom is 0.138 e. The second kappa shape index (κ2) is 7.70. The van der Waals surface area contributed by atoms with Crippen molar-refractivity contribution in [2.24, 2.45) is 0 Å². The van der Waals surface area contributed by atoms with Gasteiger partial charge in [0.25, 0.3) is 0 Å². The lowest BCUT2D eigenvalue weighted by Gasteiger charge is -2.09. The van der Waals surface area contributed by atoms with Crippen LogP contribution in [-0.2, 0) is 12.8 Å². The fourth-order valence-electron chi connectivity index (χ4n) is 2.68. The van der Waals surface area contributed by atoms with Gasteiger partial charge in [0.1, 0.15) is 11.6 Å². The molecule has 2 aromatic carbocycles. The van der Waals surface area contributed by atoms with Crippen LogP contribution in [0.25, 0.3) is 5.69 Å². The molecule has 1 heterocycles. The first-order valence-electron chi connectivity index (χ1n) is 8.05. The third-order valence-corrected chi connectivity index (χ3v) is 3.86. The van der Waals surface area contributed by atoms with Crippen LogP contribution in [0, 0.1) is 6.92 Å². The number of benzene rings is 2. The van der Waals surface area contributed by atoms with Crippen molar-refractivity contribution in [1.29, 1.82) is 0 Å². The summed E-state index contributed by atoms with van der Waals surface area (Å²) in [7, 11) is 0. The van der Waals surface area contributed by atoms with Crippen molar-refractivity contribution in [3.8, 4) is 5.69 Å². The third kappa shape index (κ3) is 4.05. The highest BCUT2D eigenvalue weighted by Gasteiger charge is 2.09. The number of aromatic nitrogens is 3. The molecule has 0 spiro atoms. The quantitative estimate of drug-likeness (QED) is 0.683. The molecule has 0 atom stereocenters. The first-order chi connectivity index (χ1) is 11.3. The summed E-state index contributed by atoms with van der Waals surface area (Å²) in [6, 6.07) is 20.8. The van der Waals surface area contributed by atoms with Gasteiger partial charge in [0.05, 0.1) is 0 Å². The Kier molecular flexibility index (Phi) is 5.17. The highest BCUT2D eigenvalue weighted by molar-refractivity contribution is 5.33. The molecular formula is C19H22N4. The molecule has 0 saturated carbocycles. The molecule has 3 aromatic rings. The Hall–Kier alpha value is -2.46. The number of nitrogens with zero attached hydrogens (tertiary/aromatic N) is 3. The Morgan fingerprint density at radius 3 is 2.22 bits per heavy atom. The average molecular weight is 306 g/mol. The molecule has 0 amide bonds. The van der Waals surface area contributed by atoms with Gasteiger partial charge in [-0.2, -0.15) is 0 Å². The Morgan fingerprint density at radius 2 is 1.48 bits per heavy atom. The fraction of sp³-hybridized carbons (Fsp3) is 0.263. The second-order valence-electron chi connectivity index (χ2n) is 5.57. The molecule has 0 aliphatic rings. The first kappa shape index (κ1) is 15.4. The summed E-state index contributed by atoms with van der Waals surface area (Å²) in [4.78, 5) is 0. The number of para-hydroxylation sites is 1. The standard InChI is InChI=1S/C19H22N4/c1-16-21-22-19(23(16)18-10-6-3-7-11-18)13-15-20-14-12-17-8-4-2-5-9-17/h2-11,20H,12-15H2,1H3. The summed E-state index contributed by atoms with van der Waals surface area (Å²) in [5, 5.41) is 12.0. The van der Waals surface area contributed by atoms with Crippen molar-refractivity contribution in [3.05, 3.63) is 77.9 Å². The van der Waals surface area contributed by atoms with E-state index in [0.717, 1.165) is 43.3 Å². The van der Waals surface area contributed by atoms with Crippen molar-refractivity contribution in [3.63, 3.8) is 0 Å². The summed E-state index contributed by atoms with van der Waals surface area (Å²) >= 11 is 0. The molecule has 0 fully saturated rings. The molecule has 1 N–H and O–H groups in total. The van der Waals surface area contributed by atoms with Crippen LogP contribution < -0.4 is 5.32 Å². The van der Waals surface area contributed by atoms with Gasteiger partial charge >= 0.3 is 0 Å². The van der Waals surface area contributed by atoms with Crippen LogP contribution in [0.1, 0.15) is 17.2 Å². The summed E-state index contributed by atoms with van der Waals surface area (Å²) in [6.07, 6.45) is 1.91. The van der Waals surface area contributed by atoms with E-state index < -0.39 is 0 Å². The van der Waals surface area contributed by atoms with E-state index in [2.05, 4.69) is 62.5 Å². The highest BCUT2D eigenvalue weighted by Crippen LogP contribution is 2.12. The van der Waals surface area contributed by atoms with Gasteiger partial charge in [-0.15, -0.1) is 10.2 Å². The topological polar surface area (TPSA) is 42.7 Å². The lowest BCUT2D eigenvalue weighted by atomic mass is 10.1. The van der Waals surface area contributed by atoms with Gasteiger partial charge in [0.2, 0.25) is 0 Å². The molecule has 23 heavy (non-hydrogen) atoms. The van der Waals surface area contributed by atoms with Crippen LogP contribution in [-0.4, -0.2) is 27.9 Å². The number of nitrogens with one attached hydrogen (secondary N) is 1. The normalized spacial score (nSPS) is 10.8. The number of hydrogen-bond acceptors (Lipinski definition) is 3. The zero-order valence-corrected chi connectivity index (χ0v) is 13.4. The van der Waals surface area contributed by atoms with E-state index in [0.29, 0.717) is 0 Å². The van der Waals surface area contributed by atoms with Crippen LogP contribution in [0.15, 0.2) is 60.7 Å². The van der Waals surface area contributed by atoms with Gasteiger partial charge in [0.15, 0.2) is 0 Å². The molecule has 0 radical (unpaired) electrons. The van der Waals surface area contributed by atoms with E-state index in [1.165, 1.54) is 5.56 Å². The molecule has 0 aliphatic heterocycles. The summed E-state index contributed by atoms with van der Waals surface area (Å²) in [5.41, 5.74) is 2.48. The van der Waals surface area contributed by atoms with Crippen LogP contribution in [0.3, 0.4) is 0 Å². The lowest BCUT2D eigenvalue weighted by Crippen LogP contribution is -2.21. The Bertz CT molecular complexity index is 720. The Labute approximate surface area is 137 Å². The predicted molar refractivity (Wildman–Crippen MR) is 92.8 cm³/mol. The molecular weight excluding hydrogens is 284 g/mol. The summed E-state index contributed by atoms with van der Waals surface area (Å²) < 4.78 is 2.12. The van der Waals surface area contributed by atoms with E-state index in [9.17, 15) is 0 Å². The van der Waals surface area contributed by atoms with Gasteiger partial charge in [-0.1, -0.05) is 48.5 Å². The maximum absolute atomic E-state index is 4.32. The highest BCUT2D eigenvalue weighted by atomic mass is 15.3. The predicted octanol–water partition coefficient (Wildman–Crippen LogP) is 2.95. The zero-order valence-electron chi connectivity index (χ0n) is 13.4. The van der Waals surface area contributed by atoms with E-state index in [1.807, 2.05) is 25.1 Å². The van der Waals surface area contributed by atoms with Crippen molar-refractivity contribution in [1.82, 2.24) is 20.1 Å². The van der Waals surface area contributed by atoms with Crippen LogP contribution in [0.5, 0.6) is 0 Å². The molecule has 4 nitrogen and oxygen atoms in total. The molecule has 4 heteroatoms. The Morgan fingerprint density at radius 1 is 0.826 bits per heavy atom. The fourth-order valence-corrected chi connectivity index (χ4v) is 2.68. The monoisotopic (exact) mass is 306 g/mol. The van der Waals surface area contributed by atoms with Crippen molar-refractivity contribution in [2.75, 3.05) is 13.1 Å². The molecule has 0 aliphatic carbocycles. The van der Waals surface area contributed by atoms with E-state index in [4.69, 9.17) is 0 Å². The van der Waals surface area contributed by atoms with Gasteiger partial charge < -0.3 is 5.32 Å². The summed E-state index contributed by atoms with van der Waals surface area (Å²) in [5.74, 6) is 1.93. The van der Waals surface area contributed by atoms with Crippen LogP contribution in [0.4, 0.5) is 0 Å². The number of hydrogen-bond donors (Lipinski definition) is 1. The minimum absolute atomic E-state index is 0.866. The maximum atomic E-state index is 4.32.